The first kappa shape index (κ1) is 18.8. The molecule has 2 rings (SSSR count). The van der Waals surface area contributed by atoms with Crippen LogP contribution >= 0.6 is 11.6 Å². The third-order valence-electron chi connectivity index (χ3n) is 4.84. The lowest BCUT2D eigenvalue weighted by atomic mass is 9.88. The summed E-state index contributed by atoms with van der Waals surface area (Å²) in [6.45, 7) is 7.94. The number of nitrogens with zero attached hydrogens (tertiary/aromatic N) is 1. The zero-order valence-electron chi connectivity index (χ0n) is 15.0. The van der Waals surface area contributed by atoms with Crippen LogP contribution in [0.5, 0.6) is 0 Å². The van der Waals surface area contributed by atoms with E-state index < -0.39 is 0 Å². The molecule has 2 amide bonds. The molecule has 0 bridgehead atoms. The van der Waals surface area contributed by atoms with Crippen LogP contribution in [-0.2, 0) is 9.59 Å². The summed E-state index contributed by atoms with van der Waals surface area (Å²) in [5, 5.41) is 3.29. The van der Waals surface area contributed by atoms with E-state index in [1.807, 2.05) is 30.0 Å². The smallest absolute Gasteiger partial charge is 0.223 e. The van der Waals surface area contributed by atoms with Crippen LogP contribution in [0, 0.1) is 12.3 Å². The maximum absolute atomic E-state index is 12.7. The predicted octanol–water partition coefficient (Wildman–Crippen LogP) is 3.52. The van der Waals surface area contributed by atoms with Crippen LogP contribution < -0.4 is 5.32 Å². The van der Waals surface area contributed by atoms with Gasteiger partial charge in [-0.15, -0.1) is 0 Å². The molecular formula is C19H27ClN2O2. The van der Waals surface area contributed by atoms with E-state index in [9.17, 15) is 9.59 Å². The molecule has 4 nitrogen and oxygen atoms in total. The third kappa shape index (κ3) is 4.73. The molecule has 24 heavy (non-hydrogen) atoms. The number of carbonyl (C=O) groups excluding carboxylic acids is 2. The number of nitrogens with one attached hydrogen (secondary N) is 1. The van der Waals surface area contributed by atoms with Crippen LogP contribution in [0.2, 0.25) is 5.02 Å². The predicted molar refractivity (Wildman–Crippen MR) is 97.2 cm³/mol. The van der Waals surface area contributed by atoms with Gasteiger partial charge in [0.15, 0.2) is 0 Å². The number of benzene rings is 1. The van der Waals surface area contributed by atoms with Crippen LogP contribution in [0.15, 0.2) is 18.2 Å². The molecule has 0 unspecified atom stereocenters. The van der Waals surface area contributed by atoms with Gasteiger partial charge in [0.25, 0.3) is 0 Å². The molecule has 1 aliphatic rings. The van der Waals surface area contributed by atoms with Gasteiger partial charge in [0.05, 0.1) is 0 Å². The lowest BCUT2D eigenvalue weighted by Gasteiger charge is -2.24. The van der Waals surface area contributed by atoms with E-state index in [0.717, 1.165) is 30.6 Å². The zero-order chi connectivity index (χ0) is 17.9. The summed E-state index contributed by atoms with van der Waals surface area (Å²) in [5.74, 6) is -0.0948. The molecule has 0 saturated carbocycles. The molecule has 1 atom stereocenters. The highest BCUT2D eigenvalue weighted by molar-refractivity contribution is 6.30. The van der Waals surface area contributed by atoms with Crippen molar-refractivity contribution in [2.75, 3.05) is 20.1 Å². The molecule has 0 aliphatic carbocycles. The van der Waals surface area contributed by atoms with Gasteiger partial charge in [-0.25, -0.2) is 0 Å². The van der Waals surface area contributed by atoms with E-state index in [1.165, 1.54) is 0 Å². The molecule has 0 aromatic heterocycles. The van der Waals surface area contributed by atoms with Crippen molar-refractivity contribution >= 4 is 23.4 Å². The summed E-state index contributed by atoms with van der Waals surface area (Å²) in [7, 11) is 1.62. The van der Waals surface area contributed by atoms with Gasteiger partial charge in [-0.05, 0) is 42.0 Å². The van der Waals surface area contributed by atoms with Crippen LogP contribution in [0.25, 0.3) is 0 Å². The van der Waals surface area contributed by atoms with E-state index >= 15 is 0 Å². The average molecular weight is 351 g/mol. The maximum atomic E-state index is 12.7. The summed E-state index contributed by atoms with van der Waals surface area (Å²) in [6.07, 6.45) is 1.65. The molecule has 132 valence electrons. The van der Waals surface area contributed by atoms with Gasteiger partial charge in [0.2, 0.25) is 11.8 Å². The van der Waals surface area contributed by atoms with Crippen LogP contribution in [0.1, 0.15) is 50.2 Å². The molecule has 1 heterocycles. The van der Waals surface area contributed by atoms with Crippen molar-refractivity contribution in [3.8, 4) is 0 Å². The fourth-order valence-corrected chi connectivity index (χ4v) is 3.51. The Morgan fingerprint density at radius 2 is 2.04 bits per heavy atom. The van der Waals surface area contributed by atoms with E-state index in [-0.39, 0.29) is 23.1 Å². The standard InChI is InChI=1S/C19H27ClN2O2/c1-13-5-6-15(20)11-16(13)14(9-17(23)21-4)10-18(24)22-8-7-19(2,3)12-22/h5-6,11,14H,7-10,12H2,1-4H3,(H,21,23)/t14-/m0/s1. The van der Waals surface area contributed by atoms with Gasteiger partial charge in [0.1, 0.15) is 0 Å². The summed E-state index contributed by atoms with van der Waals surface area (Å²) in [5.41, 5.74) is 2.22. The van der Waals surface area contributed by atoms with Crippen molar-refractivity contribution in [2.45, 2.75) is 46.0 Å². The average Bonchev–Trinajstić information content (AvgIpc) is 2.89. The van der Waals surface area contributed by atoms with Crippen molar-refractivity contribution in [3.63, 3.8) is 0 Å². The third-order valence-corrected chi connectivity index (χ3v) is 5.08. The Balaban J connectivity index is 2.19. The second-order valence-corrected chi connectivity index (χ2v) is 7.95. The molecule has 1 saturated heterocycles. The number of carbonyl (C=O) groups is 2. The maximum Gasteiger partial charge on any atom is 0.223 e. The second-order valence-electron chi connectivity index (χ2n) is 7.51. The van der Waals surface area contributed by atoms with Gasteiger partial charge in [-0.3, -0.25) is 9.59 Å². The highest BCUT2D eigenvalue weighted by Crippen LogP contribution is 2.33. The van der Waals surface area contributed by atoms with Crippen LogP contribution in [0.3, 0.4) is 0 Å². The molecule has 1 N–H and O–H groups in total. The Bertz CT molecular complexity index is 628. The summed E-state index contributed by atoms with van der Waals surface area (Å²) in [4.78, 5) is 26.6. The number of likely N-dealkylation sites (tertiary alicyclic amines) is 1. The normalized spacial score (nSPS) is 17.6. The van der Waals surface area contributed by atoms with Crippen molar-refractivity contribution in [3.05, 3.63) is 34.3 Å². The number of halogens is 1. The van der Waals surface area contributed by atoms with Gasteiger partial charge >= 0.3 is 0 Å². The lowest BCUT2D eigenvalue weighted by molar-refractivity contribution is -0.131. The summed E-state index contributed by atoms with van der Waals surface area (Å²) in [6, 6.07) is 5.66. The first-order valence-electron chi connectivity index (χ1n) is 8.46. The highest BCUT2D eigenvalue weighted by atomic mass is 35.5. The minimum atomic E-state index is -0.153. The number of hydrogen-bond donors (Lipinski definition) is 1. The fraction of sp³-hybridized carbons (Fsp3) is 0.579. The Kier molecular flexibility index (Phi) is 5.92. The first-order valence-corrected chi connectivity index (χ1v) is 8.84. The Morgan fingerprint density at radius 3 is 2.62 bits per heavy atom. The molecule has 0 spiro atoms. The van der Waals surface area contributed by atoms with Gasteiger partial charge in [-0.1, -0.05) is 31.5 Å². The zero-order valence-corrected chi connectivity index (χ0v) is 15.7. The Morgan fingerprint density at radius 1 is 1.33 bits per heavy atom. The topological polar surface area (TPSA) is 49.4 Å². The van der Waals surface area contributed by atoms with E-state index in [1.54, 1.807) is 7.05 Å². The number of amides is 2. The SMILES string of the molecule is CNC(=O)C[C@@H](CC(=O)N1CCC(C)(C)C1)c1cc(Cl)ccc1C. The minimum absolute atomic E-state index is 0.0612. The second kappa shape index (κ2) is 7.56. The summed E-state index contributed by atoms with van der Waals surface area (Å²) >= 11 is 6.14. The molecule has 1 aromatic carbocycles. The van der Waals surface area contributed by atoms with Gasteiger partial charge < -0.3 is 10.2 Å². The molecule has 1 aliphatic heterocycles. The van der Waals surface area contributed by atoms with Gasteiger partial charge in [0, 0.05) is 43.9 Å². The van der Waals surface area contributed by atoms with Crippen LogP contribution in [0.4, 0.5) is 0 Å². The highest BCUT2D eigenvalue weighted by Gasteiger charge is 2.33. The van der Waals surface area contributed by atoms with E-state index in [0.29, 0.717) is 17.9 Å². The van der Waals surface area contributed by atoms with Crippen molar-refractivity contribution in [1.82, 2.24) is 10.2 Å². The molecule has 0 radical (unpaired) electrons. The number of aryl methyl sites for hydroxylation is 1. The Labute approximate surface area is 149 Å². The quantitative estimate of drug-likeness (QED) is 0.883. The largest absolute Gasteiger partial charge is 0.359 e. The molecule has 5 heteroatoms. The van der Waals surface area contributed by atoms with Crippen LogP contribution in [-0.4, -0.2) is 36.9 Å². The first-order chi connectivity index (χ1) is 11.2. The number of hydrogen-bond acceptors (Lipinski definition) is 2. The van der Waals surface area contributed by atoms with Crippen molar-refractivity contribution < 1.29 is 9.59 Å². The molecule has 1 aromatic rings. The monoisotopic (exact) mass is 350 g/mol. The fourth-order valence-electron chi connectivity index (χ4n) is 3.33. The molecular weight excluding hydrogens is 324 g/mol. The van der Waals surface area contributed by atoms with Gasteiger partial charge in [-0.2, -0.15) is 0 Å². The summed E-state index contributed by atoms with van der Waals surface area (Å²) < 4.78 is 0. The Hall–Kier alpha value is -1.55. The number of rotatable bonds is 5. The van der Waals surface area contributed by atoms with E-state index in [2.05, 4.69) is 19.2 Å². The van der Waals surface area contributed by atoms with Crippen molar-refractivity contribution in [1.29, 1.82) is 0 Å². The van der Waals surface area contributed by atoms with Crippen molar-refractivity contribution in [2.24, 2.45) is 5.41 Å². The minimum Gasteiger partial charge on any atom is -0.359 e. The lowest BCUT2D eigenvalue weighted by Crippen LogP contribution is -2.32. The molecule has 1 fully saturated rings. The van der Waals surface area contributed by atoms with E-state index in [4.69, 9.17) is 11.6 Å².